The van der Waals surface area contributed by atoms with E-state index in [-0.39, 0.29) is 48.8 Å². The first-order chi connectivity index (χ1) is 7.89. The largest absolute Gasteiger partial charge is 0.492 e. The van der Waals surface area contributed by atoms with Gasteiger partial charge in [0.15, 0.2) is 5.96 Å². The topological polar surface area (TPSA) is 73.6 Å². The molecule has 0 aromatic heterocycles. The normalized spacial score (nSPS) is 10.4. The molecule has 0 saturated heterocycles. The van der Waals surface area contributed by atoms with E-state index in [0.717, 1.165) is 12.1 Å². The van der Waals surface area contributed by atoms with Crippen LogP contribution < -0.4 is 16.2 Å². The van der Waals surface area contributed by atoms with E-state index in [4.69, 9.17) is 16.2 Å². The summed E-state index contributed by atoms with van der Waals surface area (Å²) in [6.45, 7) is 0.303. The van der Waals surface area contributed by atoms with Gasteiger partial charge in [-0.2, -0.15) is 13.2 Å². The molecular weight excluding hydrogens is 362 g/mol. The summed E-state index contributed by atoms with van der Waals surface area (Å²) in [4.78, 5) is 3.64. The summed E-state index contributed by atoms with van der Waals surface area (Å²) in [5.41, 5.74) is 9.40. The lowest BCUT2D eigenvalue weighted by Crippen LogP contribution is -2.23. The van der Waals surface area contributed by atoms with Gasteiger partial charge in [0, 0.05) is 0 Å². The summed E-state index contributed by atoms with van der Waals surface area (Å²) in [5, 5.41) is 0. The molecule has 0 bridgehead atoms. The van der Waals surface area contributed by atoms with Gasteiger partial charge >= 0.3 is 6.18 Å². The van der Waals surface area contributed by atoms with Gasteiger partial charge in [0.1, 0.15) is 12.4 Å². The fraction of sp³-hybridized carbons (Fsp3) is 0.300. The summed E-state index contributed by atoms with van der Waals surface area (Å²) in [5.74, 6) is 0.0447. The van der Waals surface area contributed by atoms with Crippen LogP contribution in [0.25, 0.3) is 0 Å². The number of aliphatic imine (C=N–C) groups is 1. The molecule has 0 saturated carbocycles. The summed E-state index contributed by atoms with van der Waals surface area (Å²) in [7, 11) is 0. The number of guanidine groups is 1. The van der Waals surface area contributed by atoms with Crippen LogP contribution in [0.5, 0.6) is 5.75 Å². The van der Waals surface area contributed by atoms with Crippen LogP contribution in [0.2, 0.25) is 0 Å². The third-order valence-electron chi connectivity index (χ3n) is 1.82. The van der Waals surface area contributed by atoms with Crippen molar-refractivity contribution in [2.45, 2.75) is 6.18 Å². The second-order valence-corrected chi connectivity index (χ2v) is 3.18. The van der Waals surface area contributed by atoms with Crippen molar-refractivity contribution in [3.8, 4) is 5.75 Å². The number of ether oxygens (including phenoxy) is 1. The molecule has 8 heteroatoms. The number of nitrogens with zero attached hydrogens (tertiary/aromatic N) is 1. The van der Waals surface area contributed by atoms with Gasteiger partial charge in [-0.3, -0.25) is 4.99 Å². The Morgan fingerprint density at radius 3 is 2.50 bits per heavy atom. The molecule has 0 atom stereocenters. The van der Waals surface area contributed by atoms with Crippen LogP contribution in [0.15, 0.2) is 29.3 Å². The van der Waals surface area contributed by atoms with Crippen LogP contribution in [0.4, 0.5) is 13.2 Å². The minimum Gasteiger partial charge on any atom is -0.492 e. The van der Waals surface area contributed by atoms with Gasteiger partial charge in [0.25, 0.3) is 0 Å². The Bertz CT molecular complexity index is 406. The number of hydrogen-bond donors (Lipinski definition) is 2. The van der Waals surface area contributed by atoms with Crippen molar-refractivity contribution in [1.29, 1.82) is 0 Å². The Morgan fingerprint density at radius 1 is 1.28 bits per heavy atom. The minimum atomic E-state index is -4.38. The van der Waals surface area contributed by atoms with Crippen molar-refractivity contribution in [3.05, 3.63) is 29.8 Å². The van der Waals surface area contributed by atoms with E-state index in [9.17, 15) is 13.2 Å². The fourth-order valence-electron chi connectivity index (χ4n) is 1.10. The van der Waals surface area contributed by atoms with Crippen molar-refractivity contribution < 1.29 is 17.9 Å². The summed E-state index contributed by atoms with van der Waals surface area (Å²) < 4.78 is 42.1. The van der Waals surface area contributed by atoms with E-state index in [2.05, 4.69) is 4.99 Å². The maximum absolute atomic E-state index is 12.4. The molecule has 4 N–H and O–H groups in total. The summed E-state index contributed by atoms with van der Waals surface area (Å²) >= 11 is 0. The van der Waals surface area contributed by atoms with E-state index in [1.807, 2.05) is 0 Å². The maximum Gasteiger partial charge on any atom is 0.416 e. The van der Waals surface area contributed by atoms with E-state index in [1.165, 1.54) is 12.1 Å². The molecule has 0 radical (unpaired) electrons. The Balaban J connectivity index is 0.00000289. The van der Waals surface area contributed by atoms with Crippen molar-refractivity contribution in [1.82, 2.24) is 0 Å². The molecule has 0 aliphatic carbocycles. The van der Waals surface area contributed by atoms with Crippen molar-refractivity contribution in [3.63, 3.8) is 0 Å². The van der Waals surface area contributed by atoms with Crippen molar-refractivity contribution in [2.24, 2.45) is 16.5 Å². The zero-order valence-corrected chi connectivity index (χ0v) is 11.6. The highest BCUT2D eigenvalue weighted by Gasteiger charge is 2.30. The molecular formula is C10H13F3IN3O. The predicted molar refractivity (Wildman–Crippen MR) is 73.0 cm³/mol. The van der Waals surface area contributed by atoms with E-state index in [1.54, 1.807) is 0 Å². The van der Waals surface area contributed by atoms with E-state index >= 15 is 0 Å². The monoisotopic (exact) mass is 375 g/mol. The molecule has 0 fully saturated rings. The second kappa shape index (κ2) is 7.29. The Kier molecular flexibility index (Phi) is 6.81. The molecule has 0 amide bonds. The van der Waals surface area contributed by atoms with Crippen LogP contribution >= 0.6 is 24.0 Å². The van der Waals surface area contributed by atoms with Gasteiger partial charge < -0.3 is 16.2 Å². The number of halogens is 4. The molecule has 102 valence electrons. The number of alkyl halides is 3. The lowest BCUT2D eigenvalue weighted by atomic mass is 10.2. The van der Waals surface area contributed by atoms with Crippen LogP contribution in [0.1, 0.15) is 5.56 Å². The van der Waals surface area contributed by atoms with E-state index in [0.29, 0.717) is 0 Å². The molecule has 1 aromatic rings. The first kappa shape index (κ1) is 16.8. The molecule has 0 aliphatic rings. The number of hydrogen-bond acceptors (Lipinski definition) is 2. The van der Waals surface area contributed by atoms with Gasteiger partial charge in [-0.25, -0.2) is 0 Å². The number of benzene rings is 1. The van der Waals surface area contributed by atoms with Crippen LogP contribution in [0.3, 0.4) is 0 Å². The lowest BCUT2D eigenvalue weighted by Gasteiger charge is -2.09. The van der Waals surface area contributed by atoms with Gasteiger partial charge in [0.05, 0.1) is 12.1 Å². The van der Waals surface area contributed by atoms with Gasteiger partial charge in [-0.15, -0.1) is 24.0 Å². The third-order valence-corrected chi connectivity index (χ3v) is 1.82. The first-order valence-electron chi connectivity index (χ1n) is 4.75. The summed E-state index contributed by atoms with van der Waals surface area (Å²) in [6.07, 6.45) is -4.38. The highest BCUT2D eigenvalue weighted by molar-refractivity contribution is 14.0. The number of nitrogens with two attached hydrogens (primary N) is 2. The average molecular weight is 375 g/mol. The highest BCUT2D eigenvalue weighted by Crippen LogP contribution is 2.31. The van der Waals surface area contributed by atoms with Crippen LogP contribution in [-0.2, 0) is 6.18 Å². The Labute approximate surface area is 119 Å². The first-order valence-corrected chi connectivity index (χ1v) is 4.75. The van der Waals surface area contributed by atoms with Gasteiger partial charge in [-0.05, 0) is 18.2 Å². The molecule has 0 spiro atoms. The van der Waals surface area contributed by atoms with E-state index < -0.39 is 11.7 Å². The summed E-state index contributed by atoms with van der Waals surface area (Å²) in [6, 6.07) is 4.61. The van der Waals surface area contributed by atoms with Crippen LogP contribution in [-0.4, -0.2) is 19.1 Å². The molecule has 18 heavy (non-hydrogen) atoms. The number of rotatable bonds is 4. The fourth-order valence-corrected chi connectivity index (χ4v) is 1.10. The smallest absolute Gasteiger partial charge is 0.416 e. The molecule has 0 aliphatic heterocycles. The molecule has 0 unspecified atom stereocenters. The zero-order valence-electron chi connectivity index (χ0n) is 9.28. The van der Waals surface area contributed by atoms with Crippen molar-refractivity contribution in [2.75, 3.05) is 13.2 Å². The van der Waals surface area contributed by atoms with Crippen molar-refractivity contribution >= 4 is 29.9 Å². The molecule has 4 nitrogen and oxygen atoms in total. The van der Waals surface area contributed by atoms with Crippen LogP contribution in [0, 0.1) is 0 Å². The third kappa shape index (κ3) is 5.94. The molecule has 0 heterocycles. The van der Waals surface area contributed by atoms with Gasteiger partial charge in [0.2, 0.25) is 0 Å². The van der Waals surface area contributed by atoms with Gasteiger partial charge in [-0.1, -0.05) is 6.07 Å². The lowest BCUT2D eigenvalue weighted by molar-refractivity contribution is -0.137. The zero-order chi connectivity index (χ0) is 12.9. The average Bonchev–Trinajstić information content (AvgIpc) is 2.23. The maximum atomic E-state index is 12.4. The molecule has 1 aromatic carbocycles. The minimum absolute atomic E-state index is 0. The Morgan fingerprint density at radius 2 is 1.94 bits per heavy atom. The second-order valence-electron chi connectivity index (χ2n) is 3.18. The predicted octanol–water partition coefficient (Wildman–Crippen LogP) is 1.98. The standard InChI is InChI=1S/C10H12F3N3O.HI/c11-10(12,13)7-2-1-3-8(6-7)17-5-4-16-9(14)15;/h1-3,6H,4-5H2,(H4,14,15,16);1H. The Hall–Kier alpha value is -1.19. The highest BCUT2D eigenvalue weighted by atomic mass is 127. The SMILES string of the molecule is I.NC(N)=NCCOc1cccc(C(F)(F)F)c1. The molecule has 1 rings (SSSR count). The quantitative estimate of drug-likeness (QED) is 0.366.